The van der Waals surface area contributed by atoms with Crippen LogP contribution in [0.4, 0.5) is 5.82 Å². The Balaban J connectivity index is 2.39. The van der Waals surface area contributed by atoms with Crippen molar-refractivity contribution < 1.29 is 0 Å². The third-order valence-electron chi connectivity index (χ3n) is 2.33. The molecule has 0 saturated carbocycles. The Morgan fingerprint density at radius 3 is 2.94 bits per heavy atom. The molecule has 0 spiro atoms. The van der Waals surface area contributed by atoms with Gasteiger partial charge in [0, 0.05) is 19.0 Å². The maximum Gasteiger partial charge on any atom is 0.175 e. The van der Waals surface area contributed by atoms with Crippen LogP contribution in [0.25, 0.3) is 11.4 Å². The fourth-order valence-corrected chi connectivity index (χ4v) is 1.89. The molecule has 0 saturated heterocycles. The predicted octanol–water partition coefficient (Wildman–Crippen LogP) is 0.624. The van der Waals surface area contributed by atoms with Crippen molar-refractivity contribution in [1.82, 2.24) is 24.8 Å². The van der Waals surface area contributed by atoms with Gasteiger partial charge in [0.25, 0.3) is 0 Å². The van der Waals surface area contributed by atoms with Crippen molar-refractivity contribution in [3.8, 4) is 11.4 Å². The second-order valence-corrected chi connectivity index (χ2v) is 4.36. The summed E-state index contributed by atoms with van der Waals surface area (Å²) in [6, 6.07) is 1.91. The first kappa shape index (κ1) is 11.0. The van der Waals surface area contributed by atoms with Crippen LogP contribution in [0.2, 0.25) is 0 Å². The first-order valence-corrected chi connectivity index (χ1v) is 6.29. The molecule has 0 aliphatic rings. The molecule has 6 nitrogen and oxygen atoms in total. The van der Waals surface area contributed by atoms with Gasteiger partial charge in [-0.3, -0.25) is 4.68 Å². The van der Waals surface area contributed by atoms with E-state index in [1.807, 2.05) is 17.8 Å². The minimum atomic E-state index is 0.449. The van der Waals surface area contributed by atoms with E-state index in [0.29, 0.717) is 5.82 Å². The van der Waals surface area contributed by atoms with Crippen molar-refractivity contribution in [2.75, 3.05) is 17.7 Å². The lowest BCUT2D eigenvalue weighted by Crippen LogP contribution is -2.07. The van der Waals surface area contributed by atoms with Crippen molar-refractivity contribution in [1.29, 1.82) is 0 Å². The zero-order valence-corrected chi connectivity index (χ0v) is 10.1. The van der Waals surface area contributed by atoms with Gasteiger partial charge in [-0.25, -0.2) is 4.68 Å². The largest absolute Gasteiger partial charge is 0.380 e. The molecular weight excluding hydrogens is 224 g/mol. The standard InChI is InChI=1S/C9H14N6S/c1-14-7(3-4-11-14)8-9(10)12-13-15(8)5-6-16-2/h3-4H,5-6,10H2,1-2H3. The van der Waals surface area contributed by atoms with E-state index in [1.165, 1.54) is 0 Å². The van der Waals surface area contributed by atoms with E-state index in [9.17, 15) is 0 Å². The summed E-state index contributed by atoms with van der Waals surface area (Å²) in [5.74, 6) is 1.43. The minimum absolute atomic E-state index is 0.449. The van der Waals surface area contributed by atoms with E-state index in [-0.39, 0.29) is 0 Å². The van der Waals surface area contributed by atoms with Crippen molar-refractivity contribution in [2.24, 2.45) is 7.05 Å². The smallest absolute Gasteiger partial charge is 0.175 e. The highest BCUT2D eigenvalue weighted by molar-refractivity contribution is 7.98. The van der Waals surface area contributed by atoms with Gasteiger partial charge in [-0.2, -0.15) is 16.9 Å². The monoisotopic (exact) mass is 238 g/mol. The van der Waals surface area contributed by atoms with Crippen molar-refractivity contribution in [3.63, 3.8) is 0 Å². The third-order valence-corrected chi connectivity index (χ3v) is 2.92. The van der Waals surface area contributed by atoms with Crippen LogP contribution < -0.4 is 5.73 Å². The Morgan fingerprint density at radius 2 is 2.31 bits per heavy atom. The van der Waals surface area contributed by atoms with Crippen LogP contribution in [0.5, 0.6) is 0 Å². The SMILES string of the molecule is CSCCn1nnc(N)c1-c1ccnn1C. The number of nitrogen functional groups attached to an aromatic ring is 1. The van der Waals surface area contributed by atoms with Crippen LogP contribution in [-0.2, 0) is 13.6 Å². The number of rotatable bonds is 4. The normalized spacial score (nSPS) is 10.9. The van der Waals surface area contributed by atoms with Gasteiger partial charge in [0.1, 0.15) is 5.69 Å². The lowest BCUT2D eigenvalue weighted by molar-refractivity contribution is 0.633. The average molecular weight is 238 g/mol. The molecule has 2 aromatic rings. The van der Waals surface area contributed by atoms with Crippen LogP contribution >= 0.6 is 11.8 Å². The second-order valence-electron chi connectivity index (χ2n) is 3.38. The average Bonchev–Trinajstić information content (AvgIpc) is 2.82. The van der Waals surface area contributed by atoms with Gasteiger partial charge < -0.3 is 5.73 Å². The second kappa shape index (κ2) is 4.56. The summed E-state index contributed by atoms with van der Waals surface area (Å²) in [6.07, 6.45) is 3.80. The molecule has 0 amide bonds. The molecule has 0 atom stereocenters. The van der Waals surface area contributed by atoms with Crippen molar-refractivity contribution >= 4 is 17.6 Å². The number of aryl methyl sites for hydroxylation is 2. The van der Waals surface area contributed by atoms with Gasteiger partial charge in [0.2, 0.25) is 0 Å². The predicted molar refractivity (Wildman–Crippen MR) is 65.0 cm³/mol. The summed E-state index contributed by atoms with van der Waals surface area (Å²) in [4.78, 5) is 0. The zero-order valence-electron chi connectivity index (χ0n) is 9.29. The highest BCUT2D eigenvalue weighted by atomic mass is 32.2. The molecule has 0 aromatic carbocycles. The quantitative estimate of drug-likeness (QED) is 0.845. The van der Waals surface area contributed by atoms with Crippen LogP contribution in [-0.4, -0.2) is 36.8 Å². The molecular formula is C9H14N6S. The number of aromatic nitrogens is 5. The van der Waals surface area contributed by atoms with E-state index in [4.69, 9.17) is 5.73 Å². The Labute approximate surface area is 97.8 Å². The highest BCUT2D eigenvalue weighted by Gasteiger charge is 2.14. The Morgan fingerprint density at radius 1 is 1.50 bits per heavy atom. The number of thioether (sulfide) groups is 1. The number of hydrogen-bond acceptors (Lipinski definition) is 5. The number of nitrogens with two attached hydrogens (primary N) is 1. The maximum atomic E-state index is 5.83. The summed E-state index contributed by atoms with van der Waals surface area (Å²) >= 11 is 1.76. The third kappa shape index (κ3) is 1.90. The zero-order chi connectivity index (χ0) is 11.5. The first-order chi connectivity index (χ1) is 7.74. The van der Waals surface area contributed by atoms with Crippen LogP contribution in [0.15, 0.2) is 12.3 Å². The summed E-state index contributed by atoms with van der Waals surface area (Å²) in [5.41, 5.74) is 7.61. The molecule has 86 valence electrons. The maximum absolute atomic E-state index is 5.83. The van der Waals surface area contributed by atoms with E-state index in [2.05, 4.69) is 21.7 Å². The molecule has 0 bridgehead atoms. The Bertz CT molecular complexity index is 474. The van der Waals surface area contributed by atoms with E-state index in [1.54, 1.807) is 22.6 Å². The van der Waals surface area contributed by atoms with Gasteiger partial charge in [-0.05, 0) is 12.3 Å². The summed E-state index contributed by atoms with van der Waals surface area (Å²) in [5, 5.41) is 12.1. The number of hydrogen-bond donors (Lipinski definition) is 1. The fourth-order valence-electron chi connectivity index (χ4n) is 1.53. The lowest BCUT2D eigenvalue weighted by atomic mass is 10.3. The van der Waals surface area contributed by atoms with Gasteiger partial charge in [0.15, 0.2) is 5.82 Å². The van der Waals surface area contributed by atoms with E-state index >= 15 is 0 Å². The van der Waals surface area contributed by atoms with Crippen LogP contribution in [0.3, 0.4) is 0 Å². The topological polar surface area (TPSA) is 74.6 Å². The molecule has 7 heteroatoms. The van der Waals surface area contributed by atoms with Gasteiger partial charge >= 0.3 is 0 Å². The summed E-state index contributed by atoms with van der Waals surface area (Å²) in [7, 11) is 1.88. The molecule has 2 rings (SSSR count). The van der Waals surface area contributed by atoms with E-state index in [0.717, 1.165) is 23.7 Å². The molecule has 2 aromatic heterocycles. The molecule has 2 heterocycles. The minimum Gasteiger partial charge on any atom is -0.380 e. The van der Waals surface area contributed by atoms with Crippen molar-refractivity contribution in [3.05, 3.63) is 12.3 Å². The van der Waals surface area contributed by atoms with Crippen molar-refractivity contribution in [2.45, 2.75) is 6.54 Å². The van der Waals surface area contributed by atoms with Gasteiger partial charge in [-0.15, -0.1) is 5.10 Å². The molecule has 0 aliphatic carbocycles. The summed E-state index contributed by atoms with van der Waals surface area (Å²) in [6.45, 7) is 0.798. The summed E-state index contributed by atoms with van der Waals surface area (Å²) < 4.78 is 3.59. The number of anilines is 1. The molecule has 0 fully saturated rings. The highest BCUT2D eigenvalue weighted by Crippen LogP contribution is 2.22. The molecule has 0 radical (unpaired) electrons. The van der Waals surface area contributed by atoms with Gasteiger partial charge in [-0.1, -0.05) is 5.21 Å². The first-order valence-electron chi connectivity index (χ1n) is 4.90. The Hall–Kier alpha value is -1.50. The molecule has 0 unspecified atom stereocenters. The molecule has 0 aliphatic heterocycles. The van der Waals surface area contributed by atoms with E-state index < -0.39 is 0 Å². The van der Waals surface area contributed by atoms with Crippen LogP contribution in [0.1, 0.15) is 0 Å². The lowest BCUT2D eigenvalue weighted by Gasteiger charge is -2.06. The molecule has 2 N–H and O–H groups in total. The fraction of sp³-hybridized carbons (Fsp3) is 0.444. The van der Waals surface area contributed by atoms with Crippen LogP contribution in [0, 0.1) is 0 Å². The Kier molecular flexibility index (Phi) is 3.14. The molecule has 16 heavy (non-hydrogen) atoms. The van der Waals surface area contributed by atoms with Gasteiger partial charge in [0.05, 0.1) is 12.2 Å². The number of nitrogens with zero attached hydrogens (tertiary/aromatic N) is 5.